The number of nitrogens with zero attached hydrogens (tertiary/aromatic N) is 2. The van der Waals surface area contributed by atoms with E-state index in [4.69, 9.17) is 9.47 Å². The summed E-state index contributed by atoms with van der Waals surface area (Å²) < 4.78 is 10.0. The van der Waals surface area contributed by atoms with Crippen molar-refractivity contribution in [2.45, 2.75) is 6.54 Å². The molecule has 0 amide bonds. The number of piperazine rings is 1. The first kappa shape index (κ1) is 14.8. The van der Waals surface area contributed by atoms with Crippen LogP contribution < -0.4 is 4.74 Å². The number of methoxy groups -OCH3 is 2. The number of carbonyl (C=O) groups excluding carboxylic acids is 1. The molecule has 0 radical (unpaired) electrons. The Morgan fingerprint density at radius 2 is 1.90 bits per heavy atom. The predicted octanol–water partition coefficient (Wildman–Crippen LogP) is 1.23. The Morgan fingerprint density at radius 3 is 2.50 bits per heavy atom. The van der Waals surface area contributed by atoms with E-state index >= 15 is 0 Å². The molecule has 5 heteroatoms. The van der Waals surface area contributed by atoms with Gasteiger partial charge in [0.25, 0.3) is 0 Å². The van der Waals surface area contributed by atoms with Crippen LogP contribution >= 0.6 is 0 Å². The molecule has 5 nitrogen and oxygen atoms in total. The van der Waals surface area contributed by atoms with Crippen molar-refractivity contribution in [1.82, 2.24) is 9.80 Å². The van der Waals surface area contributed by atoms with Crippen molar-refractivity contribution in [2.24, 2.45) is 0 Å². The van der Waals surface area contributed by atoms with Gasteiger partial charge in [-0.1, -0.05) is 6.07 Å². The highest BCUT2D eigenvalue weighted by Gasteiger charge is 2.16. The molecule has 1 heterocycles. The van der Waals surface area contributed by atoms with Crippen molar-refractivity contribution < 1.29 is 14.3 Å². The van der Waals surface area contributed by atoms with Crippen LogP contribution in [0.5, 0.6) is 5.75 Å². The van der Waals surface area contributed by atoms with E-state index in [1.807, 2.05) is 12.1 Å². The van der Waals surface area contributed by atoms with Crippen molar-refractivity contribution in [3.8, 4) is 5.75 Å². The van der Waals surface area contributed by atoms with Gasteiger partial charge in [0.1, 0.15) is 11.3 Å². The van der Waals surface area contributed by atoms with Gasteiger partial charge in [-0.15, -0.1) is 0 Å². The number of esters is 1. The normalized spacial score (nSPS) is 16.9. The Bertz CT molecular complexity index is 468. The molecule has 1 aromatic rings. The van der Waals surface area contributed by atoms with Gasteiger partial charge < -0.3 is 14.4 Å². The van der Waals surface area contributed by atoms with E-state index < -0.39 is 0 Å². The molecule has 1 saturated heterocycles. The second kappa shape index (κ2) is 6.72. The average Bonchev–Trinajstić information content (AvgIpc) is 2.48. The molecular weight excluding hydrogens is 256 g/mol. The summed E-state index contributed by atoms with van der Waals surface area (Å²) >= 11 is 0. The van der Waals surface area contributed by atoms with Gasteiger partial charge in [-0.25, -0.2) is 4.79 Å². The van der Waals surface area contributed by atoms with Crippen LogP contribution in [0, 0.1) is 0 Å². The van der Waals surface area contributed by atoms with Crippen molar-refractivity contribution in [2.75, 3.05) is 47.4 Å². The van der Waals surface area contributed by atoms with Gasteiger partial charge >= 0.3 is 5.97 Å². The predicted molar refractivity (Wildman–Crippen MR) is 77.1 cm³/mol. The summed E-state index contributed by atoms with van der Waals surface area (Å²) in [7, 11) is 5.09. The Kier molecular flexibility index (Phi) is 4.98. The highest BCUT2D eigenvalue weighted by atomic mass is 16.5. The summed E-state index contributed by atoms with van der Waals surface area (Å²) in [5, 5.41) is 0. The third-order valence-corrected chi connectivity index (χ3v) is 3.67. The van der Waals surface area contributed by atoms with Gasteiger partial charge in [0.2, 0.25) is 0 Å². The molecule has 20 heavy (non-hydrogen) atoms. The number of benzene rings is 1. The summed E-state index contributed by atoms with van der Waals surface area (Å²) in [6.07, 6.45) is 0. The van der Waals surface area contributed by atoms with Crippen LogP contribution in [0.15, 0.2) is 18.2 Å². The first-order valence-electron chi connectivity index (χ1n) is 6.80. The third-order valence-electron chi connectivity index (χ3n) is 3.67. The van der Waals surface area contributed by atoms with Gasteiger partial charge in [0.15, 0.2) is 0 Å². The van der Waals surface area contributed by atoms with Gasteiger partial charge in [-0.3, -0.25) is 4.90 Å². The zero-order valence-electron chi connectivity index (χ0n) is 12.4. The zero-order chi connectivity index (χ0) is 14.5. The maximum absolute atomic E-state index is 11.6. The molecule has 1 aliphatic heterocycles. The first-order valence-corrected chi connectivity index (χ1v) is 6.80. The Morgan fingerprint density at radius 1 is 1.20 bits per heavy atom. The van der Waals surface area contributed by atoms with Crippen LogP contribution in [-0.4, -0.2) is 63.2 Å². The summed E-state index contributed by atoms with van der Waals surface area (Å²) in [4.78, 5) is 16.4. The minimum Gasteiger partial charge on any atom is -0.496 e. The minimum atomic E-state index is -0.368. The third kappa shape index (κ3) is 3.49. The second-order valence-electron chi connectivity index (χ2n) is 5.11. The molecule has 110 valence electrons. The SMILES string of the molecule is COC(=O)c1ccc(CN2CCN(C)CC2)cc1OC. The van der Waals surface area contributed by atoms with Gasteiger partial charge in [-0.05, 0) is 24.7 Å². The van der Waals surface area contributed by atoms with Crippen molar-refractivity contribution in [1.29, 1.82) is 0 Å². The molecule has 0 saturated carbocycles. The summed E-state index contributed by atoms with van der Waals surface area (Å²) in [6.45, 7) is 5.20. The average molecular weight is 278 g/mol. The fourth-order valence-electron chi connectivity index (χ4n) is 2.38. The van der Waals surface area contributed by atoms with Gasteiger partial charge in [0, 0.05) is 32.7 Å². The molecule has 2 rings (SSSR count). The largest absolute Gasteiger partial charge is 0.496 e. The van der Waals surface area contributed by atoms with E-state index in [-0.39, 0.29) is 5.97 Å². The summed E-state index contributed by atoms with van der Waals surface area (Å²) in [6, 6.07) is 5.66. The van der Waals surface area contributed by atoms with E-state index in [1.165, 1.54) is 7.11 Å². The van der Waals surface area contributed by atoms with Crippen LogP contribution in [0.3, 0.4) is 0 Å². The van der Waals surface area contributed by atoms with Crippen molar-refractivity contribution in [3.63, 3.8) is 0 Å². The molecule has 0 N–H and O–H groups in total. The van der Waals surface area contributed by atoms with Crippen LogP contribution in [-0.2, 0) is 11.3 Å². The topological polar surface area (TPSA) is 42.0 Å². The minimum absolute atomic E-state index is 0.368. The van der Waals surface area contributed by atoms with Crippen LogP contribution in [0.25, 0.3) is 0 Å². The quantitative estimate of drug-likeness (QED) is 0.775. The van der Waals surface area contributed by atoms with E-state index in [1.54, 1.807) is 13.2 Å². The molecule has 0 atom stereocenters. The molecule has 0 unspecified atom stereocenters. The first-order chi connectivity index (χ1) is 9.63. The number of hydrogen-bond acceptors (Lipinski definition) is 5. The lowest BCUT2D eigenvalue weighted by Gasteiger charge is -2.32. The number of ether oxygens (including phenoxy) is 2. The van der Waals surface area contributed by atoms with Gasteiger partial charge in [-0.2, -0.15) is 0 Å². The molecule has 0 aliphatic carbocycles. The molecule has 1 aliphatic rings. The highest BCUT2D eigenvalue weighted by Crippen LogP contribution is 2.22. The van der Waals surface area contributed by atoms with E-state index in [0.717, 1.165) is 38.3 Å². The second-order valence-corrected chi connectivity index (χ2v) is 5.11. The molecule has 0 aromatic heterocycles. The van der Waals surface area contributed by atoms with E-state index in [2.05, 4.69) is 16.8 Å². The molecule has 0 bridgehead atoms. The van der Waals surface area contributed by atoms with Crippen LogP contribution in [0.1, 0.15) is 15.9 Å². The standard InChI is InChI=1S/C15H22N2O3/c1-16-6-8-17(9-7-16)11-12-4-5-13(15(18)20-3)14(10-12)19-2/h4-5,10H,6-9,11H2,1-3H3. The fourth-order valence-corrected chi connectivity index (χ4v) is 2.38. The lowest BCUT2D eigenvalue weighted by Crippen LogP contribution is -2.43. The fraction of sp³-hybridized carbons (Fsp3) is 0.533. The summed E-state index contributed by atoms with van der Waals surface area (Å²) in [5.41, 5.74) is 1.62. The molecule has 0 spiro atoms. The van der Waals surface area contributed by atoms with Gasteiger partial charge in [0.05, 0.1) is 14.2 Å². The van der Waals surface area contributed by atoms with Crippen LogP contribution in [0.4, 0.5) is 0 Å². The number of rotatable bonds is 4. The molecule has 1 aromatic carbocycles. The maximum atomic E-state index is 11.6. The Labute approximate surface area is 120 Å². The highest BCUT2D eigenvalue weighted by molar-refractivity contribution is 5.92. The zero-order valence-corrected chi connectivity index (χ0v) is 12.4. The molecular formula is C15H22N2O3. The van der Waals surface area contributed by atoms with E-state index in [0.29, 0.717) is 11.3 Å². The van der Waals surface area contributed by atoms with Crippen molar-refractivity contribution in [3.05, 3.63) is 29.3 Å². The monoisotopic (exact) mass is 278 g/mol. The van der Waals surface area contributed by atoms with E-state index in [9.17, 15) is 4.79 Å². The number of likely N-dealkylation sites (N-methyl/N-ethyl adjacent to an activating group) is 1. The van der Waals surface area contributed by atoms with Crippen LogP contribution in [0.2, 0.25) is 0 Å². The smallest absolute Gasteiger partial charge is 0.341 e. The maximum Gasteiger partial charge on any atom is 0.341 e. The number of carbonyl (C=O) groups is 1. The lowest BCUT2D eigenvalue weighted by molar-refractivity contribution is 0.0597. The van der Waals surface area contributed by atoms with Crippen molar-refractivity contribution >= 4 is 5.97 Å². The summed E-state index contributed by atoms with van der Waals surface area (Å²) in [5.74, 6) is 0.205. The number of hydrogen-bond donors (Lipinski definition) is 0. The Hall–Kier alpha value is -1.59. The molecule has 1 fully saturated rings. The lowest BCUT2D eigenvalue weighted by atomic mass is 10.1. The Balaban J connectivity index is 2.07.